The van der Waals surface area contributed by atoms with Gasteiger partial charge >= 0.3 is 5.92 Å². The van der Waals surface area contributed by atoms with Crippen molar-refractivity contribution in [2.24, 2.45) is 0 Å². The largest absolute Gasteiger partial charge is 0.386 e. The number of halogens is 2. The van der Waals surface area contributed by atoms with Gasteiger partial charge in [-0.25, -0.2) is 15.0 Å². The van der Waals surface area contributed by atoms with Crippen LogP contribution in [0.2, 0.25) is 0 Å². The Morgan fingerprint density at radius 3 is 2.33 bits per heavy atom. The van der Waals surface area contributed by atoms with Crippen LogP contribution in [-0.2, 0) is 22.7 Å². The molecule has 3 rings (SSSR count). The molecule has 33 heavy (non-hydrogen) atoms. The number of alkyl halides is 2. The van der Waals surface area contributed by atoms with Gasteiger partial charge in [0.05, 0.1) is 17.0 Å². The van der Waals surface area contributed by atoms with Gasteiger partial charge in [0.1, 0.15) is 11.6 Å². The van der Waals surface area contributed by atoms with Crippen molar-refractivity contribution in [1.82, 2.24) is 19.9 Å². The summed E-state index contributed by atoms with van der Waals surface area (Å²) in [5.74, 6) is -3.66. The van der Waals surface area contributed by atoms with Crippen molar-refractivity contribution >= 4 is 23.2 Å². The molecule has 3 heterocycles. The first kappa shape index (κ1) is 24.1. The second kappa shape index (κ2) is 9.14. The predicted molar refractivity (Wildman–Crippen MR) is 121 cm³/mol. The highest BCUT2D eigenvalue weighted by molar-refractivity contribution is 5.89. The number of nitrogens with zero attached hydrogens (tertiary/aromatic N) is 4. The fourth-order valence-electron chi connectivity index (χ4n) is 3.00. The Hall–Kier alpha value is -3.53. The number of hydrogen-bond acceptors (Lipinski definition) is 7. The molecule has 0 unspecified atom stereocenters. The first-order chi connectivity index (χ1) is 15.4. The molecule has 0 aromatic carbocycles. The zero-order valence-corrected chi connectivity index (χ0v) is 19.1. The number of carbonyl (C=O) groups is 1. The summed E-state index contributed by atoms with van der Waals surface area (Å²) in [5.41, 5.74) is 1.55. The van der Waals surface area contributed by atoms with Crippen LogP contribution in [-0.4, -0.2) is 30.9 Å². The first-order valence-electron chi connectivity index (χ1n) is 10.4. The Balaban J connectivity index is 2.09. The number of aryl methyl sites for hydroxylation is 1. The van der Waals surface area contributed by atoms with E-state index in [-0.39, 0.29) is 17.5 Å². The molecular weight excluding hydrogens is 430 g/mol. The lowest BCUT2D eigenvalue weighted by molar-refractivity contribution is -0.114. The first-order valence-corrected chi connectivity index (χ1v) is 10.4. The quantitative estimate of drug-likeness (QED) is 0.478. The molecule has 0 bridgehead atoms. The van der Waals surface area contributed by atoms with Crippen LogP contribution in [0.5, 0.6) is 0 Å². The zero-order chi connectivity index (χ0) is 24.4. The van der Waals surface area contributed by atoms with Crippen LogP contribution in [0.3, 0.4) is 0 Å². The topological polar surface area (TPSA) is 113 Å². The molecule has 0 saturated carbocycles. The van der Waals surface area contributed by atoms with E-state index >= 15 is 0 Å². The second-order valence-corrected chi connectivity index (χ2v) is 8.22. The Morgan fingerprint density at radius 2 is 1.79 bits per heavy atom. The van der Waals surface area contributed by atoms with Crippen molar-refractivity contribution in [3.05, 3.63) is 53.7 Å². The van der Waals surface area contributed by atoms with Gasteiger partial charge in [0.2, 0.25) is 11.7 Å². The molecule has 0 aliphatic carbocycles. The molecule has 0 spiro atoms. The van der Waals surface area contributed by atoms with Gasteiger partial charge in [-0.3, -0.25) is 9.78 Å². The predicted octanol–water partition coefficient (Wildman–Crippen LogP) is 4.54. The van der Waals surface area contributed by atoms with Gasteiger partial charge in [0.15, 0.2) is 0 Å². The maximum absolute atomic E-state index is 13.9. The summed E-state index contributed by atoms with van der Waals surface area (Å²) in [6, 6.07) is 6.61. The Labute approximate surface area is 190 Å². The molecule has 0 radical (unpaired) electrons. The monoisotopic (exact) mass is 456 g/mol. The van der Waals surface area contributed by atoms with Crippen LogP contribution in [0.1, 0.15) is 51.7 Å². The van der Waals surface area contributed by atoms with Crippen molar-refractivity contribution in [2.45, 2.75) is 52.6 Å². The van der Waals surface area contributed by atoms with E-state index < -0.39 is 17.3 Å². The lowest BCUT2D eigenvalue weighted by Gasteiger charge is -2.18. The van der Waals surface area contributed by atoms with Gasteiger partial charge < -0.3 is 15.7 Å². The van der Waals surface area contributed by atoms with Gasteiger partial charge in [-0.2, -0.15) is 8.78 Å². The molecule has 3 aromatic heterocycles. The number of rotatable bonds is 7. The highest BCUT2D eigenvalue weighted by Crippen LogP contribution is 2.32. The molecule has 0 atom stereocenters. The summed E-state index contributed by atoms with van der Waals surface area (Å²) in [5, 5.41) is 15.8. The number of amides is 1. The van der Waals surface area contributed by atoms with Crippen molar-refractivity contribution in [1.29, 1.82) is 0 Å². The minimum Gasteiger partial charge on any atom is -0.386 e. The summed E-state index contributed by atoms with van der Waals surface area (Å²) in [6.07, 6.45) is 3.51. The highest BCUT2D eigenvalue weighted by atomic mass is 19.3. The Bertz CT molecular complexity index is 1160. The third-order valence-corrected chi connectivity index (χ3v) is 4.75. The number of nitrogens with one attached hydrogen (secondary N) is 2. The van der Waals surface area contributed by atoms with Gasteiger partial charge in [0, 0.05) is 55.2 Å². The molecule has 174 valence electrons. The molecule has 0 aliphatic heterocycles. The molecule has 10 heteroatoms. The maximum atomic E-state index is 13.9. The van der Waals surface area contributed by atoms with Crippen molar-refractivity contribution in [3.63, 3.8) is 0 Å². The molecule has 3 N–H and O–H groups in total. The molecule has 3 aromatic rings. The molecule has 8 nitrogen and oxygen atoms in total. The van der Waals surface area contributed by atoms with E-state index in [1.54, 1.807) is 44.3 Å². The SMILES string of the molecule is CCc1cc(Nc2cc(NC(C)=O)ncc2-c2ccc(C(C)(C)O)cn2)nc(C(C)(F)F)n1. The number of aliphatic hydroxyl groups is 1. The molecule has 1 amide bonds. The van der Waals surface area contributed by atoms with Gasteiger partial charge in [-0.05, 0) is 26.3 Å². The standard InChI is InChI=1S/C23H26F2N6O2/c1-6-15-9-20(31-21(29-15)23(5,24)25)30-18-10-19(28-13(2)32)27-12-16(18)17-8-7-14(11-26-17)22(3,4)33/h7-12,33H,6H2,1-5H3,(H2,27,28,29,30,31,32). The number of anilines is 3. The maximum Gasteiger partial charge on any atom is 0.303 e. The van der Waals surface area contributed by atoms with E-state index in [9.17, 15) is 18.7 Å². The Kier molecular flexibility index (Phi) is 6.68. The average Bonchev–Trinajstić information content (AvgIpc) is 2.72. The third-order valence-electron chi connectivity index (χ3n) is 4.75. The number of aromatic nitrogens is 4. The smallest absolute Gasteiger partial charge is 0.303 e. The fraction of sp³-hybridized carbons (Fsp3) is 0.348. The lowest BCUT2D eigenvalue weighted by Crippen LogP contribution is -2.16. The van der Waals surface area contributed by atoms with Crippen LogP contribution in [0.25, 0.3) is 11.3 Å². The van der Waals surface area contributed by atoms with Crippen LogP contribution in [0.15, 0.2) is 36.7 Å². The normalized spacial score (nSPS) is 11.9. The van der Waals surface area contributed by atoms with Crippen molar-refractivity contribution < 1.29 is 18.7 Å². The second-order valence-electron chi connectivity index (χ2n) is 8.22. The lowest BCUT2D eigenvalue weighted by atomic mass is 9.99. The summed E-state index contributed by atoms with van der Waals surface area (Å²) < 4.78 is 27.9. The molecule has 0 saturated heterocycles. The molecule has 0 fully saturated rings. The summed E-state index contributed by atoms with van der Waals surface area (Å²) >= 11 is 0. The van der Waals surface area contributed by atoms with Crippen LogP contribution >= 0.6 is 0 Å². The van der Waals surface area contributed by atoms with Gasteiger partial charge in [0.25, 0.3) is 0 Å². The van der Waals surface area contributed by atoms with Crippen LogP contribution in [0.4, 0.5) is 26.1 Å². The Morgan fingerprint density at radius 1 is 1.06 bits per heavy atom. The van der Waals surface area contributed by atoms with Crippen molar-refractivity contribution in [3.8, 4) is 11.3 Å². The number of pyridine rings is 2. The minimum absolute atomic E-state index is 0.174. The van der Waals surface area contributed by atoms with Crippen LogP contribution in [0, 0.1) is 0 Å². The van der Waals surface area contributed by atoms with Gasteiger partial charge in [-0.1, -0.05) is 13.0 Å². The van der Waals surface area contributed by atoms with E-state index in [1.165, 1.54) is 13.1 Å². The average molecular weight is 456 g/mol. The number of hydrogen-bond donors (Lipinski definition) is 3. The summed E-state index contributed by atoms with van der Waals surface area (Å²) in [4.78, 5) is 28.1. The van der Waals surface area contributed by atoms with E-state index in [0.717, 1.165) is 6.92 Å². The third kappa shape index (κ3) is 6.04. The van der Waals surface area contributed by atoms with Gasteiger partial charge in [-0.15, -0.1) is 0 Å². The fourth-order valence-corrected chi connectivity index (χ4v) is 3.00. The molecular formula is C23H26F2N6O2. The number of carbonyl (C=O) groups excluding carboxylic acids is 1. The summed E-state index contributed by atoms with van der Waals surface area (Å²) in [7, 11) is 0. The minimum atomic E-state index is -3.21. The molecule has 0 aliphatic rings. The van der Waals surface area contributed by atoms with Crippen LogP contribution < -0.4 is 10.6 Å². The van der Waals surface area contributed by atoms with E-state index in [2.05, 4.69) is 30.6 Å². The zero-order valence-electron chi connectivity index (χ0n) is 19.1. The van der Waals surface area contributed by atoms with E-state index in [0.29, 0.717) is 34.6 Å². The van der Waals surface area contributed by atoms with Crippen molar-refractivity contribution in [2.75, 3.05) is 10.6 Å². The van der Waals surface area contributed by atoms with E-state index in [4.69, 9.17) is 0 Å². The highest BCUT2D eigenvalue weighted by Gasteiger charge is 2.29. The summed E-state index contributed by atoms with van der Waals surface area (Å²) in [6.45, 7) is 7.22. The van der Waals surface area contributed by atoms with E-state index in [1.807, 2.05) is 6.92 Å².